The smallest absolute Gasteiger partial charge is 0.263 e. The second-order valence-corrected chi connectivity index (χ2v) is 8.05. The third kappa shape index (κ3) is 4.77. The highest BCUT2D eigenvalue weighted by Crippen LogP contribution is 2.27. The van der Waals surface area contributed by atoms with E-state index in [9.17, 15) is 4.79 Å². The summed E-state index contributed by atoms with van der Waals surface area (Å²) < 4.78 is 0. The van der Waals surface area contributed by atoms with Crippen LogP contribution >= 0.6 is 36.2 Å². The number of rotatable bonds is 4. The molecule has 4 rings (SSSR count). The molecule has 26 heavy (non-hydrogen) atoms. The van der Waals surface area contributed by atoms with Crippen molar-refractivity contribution in [2.45, 2.75) is 57.2 Å². The molecule has 2 bridgehead atoms. The first-order valence-corrected chi connectivity index (χ1v) is 9.56. The lowest BCUT2D eigenvalue weighted by Crippen LogP contribution is -2.48. The molecule has 0 saturated carbocycles. The summed E-state index contributed by atoms with van der Waals surface area (Å²) in [7, 11) is 0. The van der Waals surface area contributed by atoms with Crippen molar-refractivity contribution in [3.8, 4) is 0 Å². The van der Waals surface area contributed by atoms with Gasteiger partial charge in [-0.15, -0.1) is 36.2 Å². The number of thiazole rings is 1. The number of hydrogen-bond acceptors (Lipinski definition) is 4. The predicted octanol–water partition coefficient (Wildman–Crippen LogP) is 3.90. The maximum atomic E-state index is 12.7. The standard InChI is InChI=1S/C19H23N3OS.2ClH/c1-12-18(24-17(20-12)9-13-5-3-2-4-6-13)19(23)22-16-10-14-7-8-15(11-16)21-14;;/h2-6,14-16,21H,7-11H2,1H3,(H,22,23);2*1H. The van der Waals surface area contributed by atoms with Gasteiger partial charge < -0.3 is 10.6 Å². The first-order valence-electron chi connectivity index (χ1n) is 8.74. The summed E-state index contributed by atoms with van der Waals surface area (Å²) in [5.41, 5.74) is 2.08. The number of aromatic nitrogens is 1. The topological polar surface area (TPSA) is 54.0 Å². The zero-order valence-electron chi connectivity index (χ0n) is 14.7. The van der Waals surface area contributed by atoms with Crippen molar-refractivity contribution in [1.82, 2.24) is 15.6 Å². The Kier molecular flexibility index (Phi) is 7.47. The average molecular weight is 414 g/mol. The third-order valence-corrected chi connectivity index (χ3v) is 6.21. The molecule has 2 aliphatic rings. The average Bonchev–Trinajstić information content (AvgIpc) is 3.10. The molecule has 2 atom stereocenters. The number of amides is 1. The molecule has 3 heterocycles. The molecule has 2 unspecified atom stereocenters. The molecule has 2 saturated heterocycles. The Hall–Kier alpha value is -1.14. The molecular weight excluding hydrogens is 389 g/mol. The molecule has 2 aliphatic heterocycles. The van der Waals surface area contributed by atoms with Gasteiger partial charge in [0.15, 0.2) is 0 Å². The number of benzene rings is 1. The number of halogens is 2. The van der Waals surface area contributed by atoms with Crippen molar-refractivity contribution in [3.63, 3.8) is 0 Å². The highest BCUT2D eigenvalue weighted by molar-refractivity contribution is 7.13. The van der Waals surface area contributed by atoms with Gasteiger partial charge in [-0.3, -0.25) is 4.79 Å². The quantitative estimate of drug-likeness (QED) is 0.798. The van der Waals surface area contributed by atoms with Gasteiger partial charge in [0.25, 0.3) is 5.91 Å². The Morgan fingerprint density at radius 2 is 1.85 bits per heavy atom. The van der Waals surface area contributed by atoms with Crippen LogP contribution in [0.5, 0.6) is 0 Å². The summed E-state index contributed by atoms with van der Waals surface area (Å²) in [5.74, 6) is 0.0515. The molecule has 2 aromatic rings. The van der Waals surface area contributed by atoms with Crippen LogP contribution in [0.25, 0.3) is 0 Å². The normalized spacial score (nSPS) is 23.7. The van der Waals surface area contributed by atoms with Crippen molar-refractivity contribution in [2.24, 2.45) is 0 Å². The monoisotopic (exact) mass is 413 g/mol. The largest absolute Gasteiger partial charge is 0.348 e. The van der Waals surface area contributed by atoms with Crippen LogP contribution in [-0.2, 0) is 6.42 Å². The number of hydrogen-bond donors (Lipinski definition) is 2. The summed E-state index contributed by atoms with van der Waals surface area (Å²) in [4.78, 5) is 18.1. The Morgan fingerprint density at radius 1 is 1.19 bits per heavy atom. The van der Waals surface area contributed by atoms with Crippen LogP contribution in [0.3, 0.4) is 0 Å². The Balaban J connectivity index is 0.00000121. The molecule has 1 amide bonds. The maximum Gasteiger partial charge on any atom is 0.263 e. The van der Waals surface area contributed by atoms with E-state index in [2.05, 4.69) is 27.8 Å². The van der Waals surface area contributed by atoms with Gasteiger partial charge in [-0.2, -0.15) is 0 Å². The van der Waals surface area contributed by atoms with Crippen LogP contribution in [0.2, 0.25) is 0 Å². The predicted molar refractivity (Wildman–Crippen MR) is 111 cm³/mol. The van der Waals surface area contributed by atoms with Gasteiger partial charge in [-0.25, -0.2) is 4.98 Å². The Morgan fingerprint density at radius 3 is 2.50 bits per heavy atom. The van der Waals surface area contributed by atoms with Gasteiger partial charge >= 0.3 is 0 Å². The number of nitrogens with zero attached hydrogens (tertiary/aromatic N) is 1. The molecule has 7 heteroatoms. The zero-order chi connectivity index (χ0) is 16.5. The van der Waals surface area contributed by atoms with Gasteiger partial charge in [0, 0.05) is 24.5 Å². The summed E-state index contributed by atoms with van der Waals surface area (Å²) in [6.45, 7) is 1.94. The first kappa shape index (κ1) is 21.2. The fourth-order valence-electron chi connectivity index (χ4n) is 3.94. The van der Waals surface area contributed by atoms with Crippen molar-refractivity contribution in [1.29, 1.82) is 0 Å². The second kappa shape index (κ2) is 9.18. The summed E-state index contributed by atoms with van der Waals surface area (Å²) in [6.07, 6.45) is 5.39. The molecule has 0 radical (unpaired) electrons. The fraction of sp³-hybridized carbons (Fsp3) is 0.474. The van der Waals surface area contributed by atoms with E-state index in [4.69, 9.17) is 0 Å². The van der Waals surface area contributed by atoms with E-state index in [1.165, 1.54) is 29.7 Å². The van der Waals surface area contributed by atoms with E-state index in [1.807, 2.05) is 25.1 Å². The van der Waals surface area contributed by atoms with Gasteiger partial charge in [-0.05, 0) is 38.2 Å². The molecule has 0 aliphatic carbocycles. The maximum absolute atomic E-state index is 12.7. The van der Waals surface area contributed by atoms with Crippen LogP contribution in [0.4, 0.5) is 0 Å². The minimum absolute atomic E-state index is 0. The second-order valence-electron chi connectivity index (χ2n) is 6.96. The first-order chi connectivity index (χ1) is 11.7. The lowest BCUT2D eigenvalue weighted by Gasteiger charge is -2.29. The van der Waals surface area contributed by atoms with Gasteiger partial charge in [0.05, 0.1) is 10.7 Å². The summed E-state index contributed by atoms with van der Waals surface area (Å²) in [6, 6.07) is 11.8. The highest BCUT2D eigenvalue weighted by Gasteiger charge is 2.34. The van der Waals surface area contributed by atoms with Crippen LogP contribution in [0.1, 0.15) is 51.6 Å². The van der Waals surface area contributed by atoms with Crippen LogP contribution in [0, 0.1) is 6.92 Å². The van der Waals surface area contributed by atoms with E-state index in [1.54, 1.807) is 0 Å². The number of piperidine rings is 1. The van der Waals surface area contributed by atoms with Crippen molar-refractivity contribution < 1.29 is 4.79 Å². The third-order valence-electron chi connectivity index (χ3n) is 5.05. The van der Waals surface area contributed by atoms with Crippen LogP contribution in [-0.4, -0.2) is 29.0 Å². The number of carbonyl (C=O) groups excluding carboxylic acids is 1. The van der Waals surface area contributed by atoms with Gasteiger partial charge in [0.1, 0.15) is 4.88 Å². The van der Waals surface area contributed by atoms with Gasteiger partial charge in [0.2, 0.25) is 0 Å². The number of aryl methyl sites for hydroxylation is 1. The Labute approximate surface area is 171 Å². The number of nitrogens with one attached hydrogen (secondary N) is 2. The van der Waals surface area contributed by atoms with E-state index >= 15 is 0 Å². The number of fused-ring (bicyclic) bond motifs is 2. The van der Waals surface area contributed by atoms with Crippen LogP contribution < -0.4 is 10.6 Å². The Bertz CT molecular complexity index is 726. The van der Waals surface area contributed by atoms with Crippen LogP contribution in [0.15, 0.2) is 30.3 Å². The molecule has 1 aromatic carbocycles. The SMILES string of the molecule is Cc1nc(Cc2ccccc2)sc1C(=O)NC1CC2CCC(C1)N2.Cl.Cl. The molecule has 142 valence electrons. The van der Waals surface area contributed by atoms with Crippen molar-refractivity contribution in [2.75, 3.05) is 0 Å². The lowest BCUT2D eigenvalue weighted by molar-refractivity contribution is 0.0927. The lowest BCUT2D eigenvalue weighted by atomic mass is 10.00. The molecule has 2 N–H and O–H groups in total. The highest BCUT2D eigenvalue weighted by atomic mass is 35.5. The summed E-state index contributed by atoms with van der Waals surface area (Å²) in [5, 5.41) is 7.87. The van der Waals surface area contributed by atoms with Crippen molar-refractivity contribution in [3.05, 3.63) is 51.5 Å². The van der Waals surface area contributed by atoms with E-state index in [0.717, 1.165) is 34.8 Å². The zero-order valence-corrected chi connectivity index (χ0v) is 17.2. The molecule has 2 fully saturated rings. The minimum Gasteiger partial charge on any atom is -0.348 e. The number of carbonyl (C=O) groups is 1. The molecule has 4 nitrogen and oxygen atoms in total. The minimum atomic E-state index is 0. The molecule has 0 spiro atoms. The van der Waals surface area contributed by atoms with Gasteiger partial charge in [-0.1, -0.05) is 30.3 Å². The van der Waals surface area contributed by atoms with E-state index < -0.39 is 0 Å². The van der Waals surface area contributed by atoms with E-state index in [0.29, 0.717) is 18.1 Å². The summed E-state index contributed by atoms with van der Waals surface area (Å²) >= 11 is 1.53. The van der Waals surface area contributed by atoms with E-state index in [-0.39, 0.29) is 30.7 Å². The molecular formula is C19H25Cl2N3OS. The molecule has 1 aromatic heterocycles. The van der Waals surface area contributed by atoms with Crippen molar-refractivity contribution >= 4 is 42.1 Å². The fourth-order valence-corrected chi connectivity index (χ4v) is 4.94.